The third kappa shape index (κ3) is 3.48. The summed E-state index contributed by atoms with van der Waals surface area (Å²) in [6.07, 6.45) is 11.6. The van der Waals surface area contributed by atoms with Crippen LogP contribution in [-0.4, -0.2) is 12.6 Å². The molecule has 0 bridgehead atoms. The van der Waals surface area contributed by atoms with Crippen LogP contribution >= 0.6 is 0 Å². The van der Waals surface area contributed by atoms with E-state index in [2.05, 4.69) is 19.2 Å². The van der Waals surface area contributed by atoms with Gasteiger partial charge in [-0.25, -0.2) is 0 Å². The molecular formula is C15H29N. The first kappa shape index (κ1) is 12.4. The molecule has 0 heterocycles. The fourth-order valence-electron chi connectivity index (χ4n) is 3.51. The number of nitrogens with one attached hydrogen (secondary N) is 1. The predicted molar refractivity (Wildman–Crippen MR) is 70.5 cm³/mol. The molecule has 2 aliphatic rings. The summed E-state index contributed by atoms with van der Waals surface area (Å²) < 4.78 is 0. The van der Waals surface area contributed by atoms with Gasteiger partial charge in [-0.2, -0.15) is 0 Å². The van der Waals surface area contributed by atoms with Crippen molar-refractivity contribution in [2.45, 2.75) is 71.3 Å². The van der Waals surface area contributed by atoms with Crippen LogP contribution in [-0.2, 0) is 0 Å². The van der Waals surface area contributed by atoms with Crippen LogP contribution < -0.4 is 5.32 Å². The van der Waals surface area contributed by atoms with Crippen molar-refractivity contribution in [3.8, 4) is 0 Å². The molecule has 1 N–H and O–H groups in total. The molecule has 2 aliphatic carbocycles. The first-order valence-corrected chi connectivity index (χ1v) is 7.54. The number of rotatable bonds is 6. The monoisotopic (exact) mass is 223 g/mol. The van der Waals surface area contributed by atoms with Crippen LogP contribution in [0.3, 0.4) is 0 Å². The number of hydrogen-bond acceptors (Lipinski definition) is 1. The second-order valence-corrected chi connectivity index (χ2v) is 6.16. The highest BCUT2D eigenvalue weighted by Gasteiger charge is 2.30. The lowest BCUT2D eigenvalue weighted by molar-refractivity contribution is 0.159. The summed E-state index contributed by atoms with van der Waals surface area (Å²) in [6, 6.07) is 0.893. The predicted octanol–water partition coefficient (Wildman–Crippen LogP) is 3.98. The van der Waals surface area contributed by atoms with Crippen molar-refractivity contribution in [1.29, 1.82) is 0 Å². The summed E-state index contributed by atoms with van der Waals surface area (Å²) in [6.45, 7) is 6.13. The van der Waals surface area contributed by atoms with Crippen LogP contribution in [0.15, 0.2) is 0 Å². The third-order valence-electron chi connectivity index (χ3n) is 4.69. The van der Waals surface area contributed by atoms with Gasteiger partial charge in [-0.1, -0.05) is 39.5 Å². The maximum Gasteiger partial charge on any atom is 0.00683 e. The van der Waals surface area contributed by atoms with Crippen LogP contribution in [0.4, 0.5) is 0 Å². The van der Waals surface area contributed by atoms with Crippen LogP contribution in [0.2, 0.25) is 0 Å². The zero-order valence-corrected chi connectivity index (χ0v) is 11.2. The van der Waals surface area contributed by atoms with Gasteiger partial charge in [0.2, 0.25) is 0 Å². The molecular weight excluding hydrogens is 194 g/mol. The van der Waals surface area contributed by atoms with Gasteiger partial charge in [0.25, 0.3) is 0 Å². The van der Waals surface area contributed by atoms with E-state index in [0.717, 1.165) is 23.8 Å². The summed E-state index contributed by atoms with van der Waals surface area (Å²) in [5.74, 6) is 2.95. The van der Waals surface area contributed by atoms with E-state index in [0.29, 0.717) is 0 Å². The fraction of sp³-hybridized carbons (Fsp3) is 1.00. The molecule has 2 saturated carbocycles. The standard InChI is InChI=1S/C15H29N/c1-3-6-12(2)15-8-5-4-7-13(15)11-16-14-9-10-14/h12-16H,3-11H2,1-2H3. The molecule has 0 amide bonds. The van der Waals surface area contributed by atoms with Gasteiger partial charge < -0.3 is 5.32 Å². The maximum atomic E-state index is 3.75. The summed E-state index contributed by atoms with van der Waals surface area (Å²) in [4.78, 5) is 0. The molecule has 1 nitrogen and oxygen atoms in total. The molecule has 0 aromatic heterocycles. The van der Waals surface area contributed by atoms with Crippen LogP contribution in [0, 0.1) is 17.8 Å². The fourth-order valence-corrected chi connectivity index (χ4v) is 3.51. The number of hydrogen-bond donors (Lipinski definition) is 1. The molecule has 0 spiro atoms. The molecule has 2 rings (SSSR count). The van der Waals surface area contributed by atoms with Gasteiger partial charge in [-0.15, -0.1) is 0 Å². The largest absolute Gasteiger partial charge is 0.314 e. The first-order chi connectivity index (χ1) is 7.81. The van der Waals surface area contributed by atoms with Gasteiger partial charge in [0.1, 0.15) is 0 Å². The summed E-state index contributed by atoms with van der Waals surface area (Å²) >= 11 is 0. The lowest BCUT2D eigenvalue weighted by Gasteiger charge is -2.36. The van der Waals surface area contributed by atoms with E-state index < -0.39 is 0 Å². The van der Waals surface area contributed by atoms with Gasteiger partial charge >= 0.3 is 0 Å². The summed E-state index contributed by atoms with van der Waals surface area (Å²) in [5, 5.41) is 3.75. The lowest BCUT2D eigenvalue weighted by atomic mass is 9.72. The van der Waals surface area contributed by atoms with Crippen molar-refractivity contribution in [1.82, 2.24) is 5.32 Å². The normalized spacial score (nSPS) is 32.6. The van der Waals surface area contributed by atoms with Crippen molar-refractivity contribution >= 4 is 0 Å². The van der Waals surface area contributed by atoms with Gasteiger partial charge in [-0.05, 0) is 50.0 Å². The average Bonchev–Trinajstić information content (AvgIpc) is 3.11. The summed E-state index contributed by atoms with van der Waals surface area (Å²) in [7, 11) is 0. The minimum atomic E-state index is 0.893. The zero-order chi connectivity index (χ0) is 11.4. The Balaban J connectivity index is 1.79. The second kappa shape index (κ2) is 6.05. The van der Waals surface area contributed by atoms with Gasteiger partial charge in [-0.3, -0.25) is 0 Å². The van der Waals surface area contributed by atoms with E-state index in [9.17, 15) is 0 Å². The molecule has 94 valence electrons. The van der Waals surface area contributed by atoms with E-state index in [4.69, 9.17) is 0 Å². The molecule has 0 saturated heterocycles. The lowest BCUT2D eigenvalue weighted by Crippen LogP contribution is -2.34. The van der Waals surface area contributed by atoms with E-state index >= 15 is 0 Å². The van der Waals surface area contributed by atoms with E-state index in [-0.39, 0.29) is 0 Å². The Labute approximate surface area is 101 Å². The molecule has 3 atom stereocenters. The Morgan fingerprint density at radius 3 is 2.56 bits per heavy atom. The highest BCUT2D eigenvalue weighted by molar-refractivity contribution is 4.85. The third-order valence-corrected chi connectivity index (χ3v) is 4.69. The van der Waals surface area contributed by atoms with Crippen molar-refractivity contribution < 1.29 is 0 Å². The van der Waals surface area contributed by atoms with Crippen molar-refractivity contribution in [3.63, 3.8) is 0 Å². The minimum Gasteiger partial charge on any atom is -0.314 e. The van der Waals surface area contributed by atoms with Gasteiger partial charge in [0.15, 0.2) is 0 Å². The molecule has 16 heavy (non-hydrogen) atoms. The van der Waals surface area contributed by atoms with E-state index in [1.807, 2.05) is 0 Å². The van der Waals surface area contributed by atoms with Crippen molar-refractivity contribution in [3.05, 3.63) is 0 Å². The molecule has 0 aromatic carbocycles. The van der Waals surface area contributed by atoms with Crippen LogP contribution in [0.1, 0.15) is 65.2 Å². The molecule has 0 aliphatic heterocycles. The van der Waals surface area contributed by atoms with Crippen LogP contribution in [0.5, 0.6) is 0 Å². The van der Waals surface area contributed by atoms with Crippen LogP contribution in [0.25, 0.3) is 0 Å². The molecule has 2 fully saturated rings. The molecule has 1 heteroatoms. The van der Waals surface area contributed by atoms with Crippen molar-refractivity contribution in [2.24, 2.45) is 17.8 Å². The Hall–Kier alpha value is -0.0400. The smallest absolute Gasteiger partial charge is 0.00683 e. The van der Waals surface area contributed by atoms with Crippen molar-refractivity contribution in [2.75, 3.05) is 6.54 Å². The molecule has 3 unspecified atom stereocenters. The topological polar surface area (TPSA) is 12.0 Å². The Morgan fingerprint density at radius 1 is 1.12 bits per heavy atom. The van der Waals surface area contributed by atoms with E-state index in [1.165, 1.54) is 57.9 Å². The zero-order valence-electron chi connectivity index (χ0n) is 11.2. The SMILES string of the molecule is CCCC(C)C1CCCCC1CNC1CC1. The molecule has 0 radical (unpaired) electrons. The van der Waals surface area contributed by atoms with Gasteiger partial charge in [0, 0.05) is 6.04 Å². The minimum absolute atomic E-state index is 0.893. The maximum absolute atomic E-state index is 3.75. The second-order valence-electron chi connectivity index (χ2n) is 6.16. The Kier molecular flexibility index (Phi) is 4.69. The summed E-state index contributed by atoms with van der Waals surface area (Å²) in [5.41, 5.74) is 0. The van der Waals surface area contributed by atoms with E-state index in [1.54, 1.807) is 0 Å². The average molecular weight is 223 g/mol. The first-order valence-electron chi connectivity index (χ1n) is 7.54. The highest BCUT2D eigenvalue weighted by Crippen LogP contribution is 2.37. The van der Waals surface area contributed by atoms with Gasteiger partial charge in [0.05, 0.1) is 0 Å². The molecule has 0 aromatic rings. The Morgan fingerprint density at radius 2 is 1.88 bits per heavy atom. The Bertz CT molecular complexity index is 198. The highest BCUT2D eigenvalue weighted by atomic mass is 14.9. The quantitative estimate of drug-likeness (QED) is 0.718.